The molecule has 8 heteroatoms. The third-order valence-corrected chi connectivity index (χ3v) is 6.27. The molecule has 5 nitrogen and oxygen atoms in total. The van der Waals surface area contributed by atoms with Crippen molar-refractivity contribution in [3.05, 3.63) is 60.3 Å². The van der Waals surface area contributed by atoms with Gasteiger partial charge in [0, 0.05) is 42.3 Å². The minimum Gasteiger partial charge on any atom is -0.406 e. The maximum Gasteiger partial charge on any atom is 0.573 e. The first-order chi connectivity index (χ1) is 14.9. The molecular formula is C23H23F3N4O. The minimum atomic E-state index is -4.68. The highest BCUT2D eigenvalue weighted by Gasteiger charge is 2.53. The number of fused-ring (bicyclic) bond motifs is 1. The molecule has 2 aliphatic rings. The lowest BCUT2D eigenvalue weighted by Crippen LogP contribution is -2.32. The number of hydrogen-bond donors (Lipinski definition) is 1. The lowest BCUT2D eigenvalue weighted by atomic mass is 10.1. The van der Waals surface area contributed by atoms with Gasteiger partial charge >= 0.3 is 6.36 Å². The SMILES string of the molecule is CNc1cnc2ccccc2c1CN1CN(c2ccc(OC(F)(F)F)cc2)CC12CC2. The number of benzene rings is 2. The molecule has 0 unspecified atom stereocenters. The van der Waals surface area contributed by atoms with Crippen molar-refractivity contribution in [2.24, 2.45) is 0 Å². The van der Waals surface area contributed by atoms with Gasteiger partial charge in [-0.15, -0.1) is 13.2 Å². The van der Waals surface area contributed by atoms with Crippen LogP contribution in [0.15, 0.2) is 54.7 Å². The Bertz CT molecular complexity index is 1100. The molecule has 1 aliphatic carbocycles. The van der Waals surface area contributed by atoms with E-state index in [0.717, 1.165) is 54.9 Å². The van der Waals surface area contributed by atoms with Gasteiger partial charge < -0.3 is 15.0 Å². The standard InChI is InChI=1S/C23H23F3N4O/c1-27-21-12-28-20-5-3-2-4-18(20)19(21)13-30-15-29(14-22(30)10-11-22)16-6-8-17(9-7-16)31-23(24,25)26/h2-9,12,27H,10-11,13-15H2,1H3. The number of para-hydroxylation sites is 1. The van der Waals surface area contributed by atoms with Crippen LogP contribution in [0.2, 0.25) is 0 Å². The van der Waals surface area contributed by atoms with Crippen molar-refractivity contribution in [3.63, 3.8) is 0 Å². The first-order valence-electron chi connectivity index (χ1n) is 10.3. The molecule has 1 spiro atoms. The molecule has 162 valence electrons. The molecule has 1 saturated carbocycles. The molecule has 1 aromatic heterocycles. The van der Waals surface area contributed by atoms with Gasteiger partial charge in [-0.05, 0) is 43.2 Å². The van der Waals surface area contributed by atoms with Gasteiger partial charge in [-0.3, -0.25) is 9.88 Å². The lowest BCUT2D eigenvalue weighted by Gasteiger charge is -2.25. The number of rotatable bonds is 5. The van der Waals surface area contributed by atoms with Crippen LogP contribution in [0.4, 0.5) is 24.5 Å². The van der Waals surface area contributed by atoms with E-state index in [2.05, 4.69) is 30.9 Å². The van der Waals surface area contributed by atoms with Crippen molar-refractivity contribution in [2.75, 3.05) is 30.5 Å². The fourth-order valence-electron chi connectivity index (χ4n) is 4.50. The van der Waals surface area contributed by atoms with Crippen LogP contribution in [0.5, 0.6) is 5.75 Å². The molecule has 0 bridgehead atoms. The Kier molecular flexibility index (Phi) is 4.69. The Morgan fingerprint density at radius 2 is 1.84 bits per heavy atom. The molecule has 3 aromatic rings. The van der Waals surface area contributed by atoms with Crippen LogP contribution in [-0.4, -0.2) is 42.0 Å². The zero-order chi connectivity index (χ0) is 21.6. The molecule has 31 heavy (non-hydrogen) atoms. The second-order valence-electron chi connectivity index (χ2n) is 8.22. The van der Waals surface area contributed by atoms with Gasteiger partial charge in [-0.25, -0.2) is 0 Å². The highest BCUT2D eigenvalue weighted by molar-refractivity contribution is 5.86. The fraction of sp³-hybridized carbons (Fsp3) is 0.348. The molecule has 1 saturated heterocycles. The fourth-order valence-corrected chi connectivity index (χ4v) is 4.50. The number of ether oxygens (including phenoxy) is 1. The number of pyridine rings is 1. The van der Waals surface area contributed by atoms with Crippen molar-refractivity contribution in [3.8, 4) is 5.75 Å². The normalized spacial score (nSPS) is 18.0. The summed E-state index contributed by atoms with van der Waals surface area (Å²) >= 11 is 0. The van der Waals surface area contributed by atoms with Crippen LogP contribution in [0.1, 0.15) is 18.4 Å². The summed E-state index contributed by atoms with van der Waals surface area (Å²) in [6.07, 6.45) is -0.555. The molecule has 0 radical (unpaired) electrons. The van der Waals surface area contributed by atoms with E-state index >= 15 is 0 Å². The Morgan fingerprint density at radius 1 is 1.10 bits per heavy atom. The molecule has 2 aromatic carbocycles. The maximum absolute atomic E-state index is 12.4. The number of anilines is 2. The summed E-state index contributed by atoms with van der Waals surface area (Å²) < 4.78 is 41.3. The largest absolute Gasteiger partial charge is 0.573 e. The molecule has 2 fully saturated rings. The van der Waals surface area contributed by atoms with Gasteiger partial charge in [0.05, 0.1) is 24.1 Å². The quantitative estimate of drug-likeness (QED) is 0.620. The topological polar surface area (TPSA) is 40.6 Å². The summed E-state index contributed by atoms with van der Waals surface area (Å²) in [6, 6.07) is 14.3. The van der Waals surface area contributed by atoms with Crippen molar-refractivity contribution in [1.29, 1.82) is 0 Å². The number of hydrogen-bond acceptors (Lipinski definition) is 5. The van der Waals surface area contributed by atoms with Gasteiger partial charge in [0.1, 0.15) is 5.75 Å². The molecule has 0 amide bonds. The second-order valence-corrected chi connectivity index (χ2v) is 8.22. The number of halogens is 3. The molecule has 1 N–H and O–H groups in total. The van der Waals surface area contributed by atoms with E-state index in [-0.39, 0.29) is 11.3 Å². The second kappa shape index (κ2) is 7.30. The number of nitrogens with one attached hydrogen (secondary N) is 1. The van der Waals surface area contributed by atoms with Crippen LogP contribution in [0.25, 0.3) is 10.9 Å². The third-order valence-electron chi connectivity index (χ3n) is 6.27. The van der Waals surface area contributed by atoms with Crippen LogP contribution >= 0.6 is 0 Å². The van der Waals surface area contributed by atoms with Crippen molar-refractivity contribution >= 4 is 22.3 Å². The third kappa shape index (κ3) is 3.87. The summed E-state index contributed by atoms with van der Waals surface area (Å²) in [4.78, 5) is 9.26. The first-order valence-corrected chi connectivity index (χ1v) is 10.3. The summed E-state index contributed by atoms with van der Waals surface area (Å²) in [7, 11) is 1.91. The average Bonchev–Trinajstić information content (AvgIpc) is 3.43. The van der Waals surface area contributed by atoms with E-state index in [4.69, 9.17) is 0 Å². The summed E-state index contributed by atoms with van der Waals surface area (Å²) in [5, 5.41) is 4.40. The zero-order valence-corrected chi connectivity index (χ0v) is 17.1. The monoisotopic (exact) mass is 428 g/mol. The van der Waals surface area contributed by atoms with E-state index in [1.165, 1.54) is 17.7 Å². The number of nitrogens with zero attached hydrogens (tertiary/aromatic N) is 3. The Balaban J connectivity index is 1.39. The van der Waals surface area contributed by atoms with Crippen LogP contribution in [-0.2, 0) is 6.54 Å². The van der Waals surface area contributed by atoms with E-state index < -0.39 is 6.36 Å². The number of aromatic nitrogens is 1. The van der Waals surface area contributed by atoms with Gasteiger partial charge in [-0.1, -0.05) is 18.2 Å². The summed E-state index contributed by atoms with van der Waals surface area (Å²) in [5.74, 6) is -0.199. The van der Waals surface area contributed by atoms with Crippen molar-refractivity contribution < 1.29 is 17.9 Å². The predicted octanol–water partition coefficient (Wildman–Crippen LogP) is 4.99. The van der Waals surface area contributed by atoms with E-state index in [1.807, 2.05) is 31.4 Å². The Labute approximate surface area is 178 Å². The molecule has 5 rings (SSSR count). The Morgan fingerprint density at radius 3 is 2.52 bits per heavy atom. The van der Waals surface area contributed by atoms with Crippen molar-refractivity contribution in [1.82, 2.24) is 9.88 Å². The van der Waals surface area contributed by atoms with Gasteiger partial charge in [-0.2, -0.15) is 0 Å². The Hall–Kier alpha value is -3.00. The molecule has 2 heterocycles. The zero-order valence-electron chi connectivity index (χ0n) is 17.1. The van der Waals surface area contributed by atoms with Crippen LogP contribution in [0.3, 0.4) is 0 Å². The van der Waals surface area contributed by atoms with E-state index in [0.29, 0.717) is 0 Å². The van der Waals surface area contributed by atoms with Crippen LogP contribution in [0, 0.1) is 0 Å². The molecule has 1 aliphatic heterocycles. The van der Waals surface area contributed by atoms with Gasteiger partial charge in [0.25, 0.3) is 0 Å². The highest BCUT2D eigenvalue weighted by Crippen LogP contribution is 2.48. The highest BCUT2D eigenvalue weighted by atomic mass is 19.4. The summed E-state index contributed by atoms with van der Waals surface area (Å²) in [6.45, 7) is 2.37. The first kappa shape index (κ1) is 19.9. The van der Waals surface area contributed by atoms with Crippen LogP contribution < -0.4 is 15.0 Å². The predicted molar refractivity (Wildman–Crippen MR) is 114 cm³/mol. The van der Waals surface area contributed by atoms with E-state index in [9.17, 15) is 13.2 Å². The minimum absolute atomic E-state index is 0.122. The smallest absolute Gasteiger partial charge is 0.406 e. The van der Waals surface area contributed by atoms with Gasteiger partial charge in [0.15, 0.2) is 0 Å². The van der Waals surface area contributed by atoms with Crippen molar-refractivity contribution in [2.45, 2.75) is 31.3 Å². The number of alkyl halides is 3. The molecular weight excluding hydrogens is 405 g/mol. The van der Waals surface area contributed by atoms with Gasteiger partial charge in [0.2, 0.25) is 0 Å². The average molecular weight is 428 g/mol. The van der Waals surface area contributed by atoms with E-state index in [1.54, 1.807) is 12.1 Å². The lowest BCUT2D eigenvalue weighted by molar-refractivity contribution is -0.274. The summed E-state index contributed by atoms with van der Waals surface area (Å²) in [5.41, 5.74) is 4.22. The molecule has 0 atom stereocenters. The maximum atomic E-state index is 12.4.